The zero-order chi connectivity index (χ0) is 13.0. The highest BCUT2D eigenvalue weighted by atomic mass is 16.3. The molecule has 0 aliphatic carbocycles. The van der Waals surface area contributed by atoms with Crippen LogP contribution >= 0.6 is 0 Å². The summed E-state index contributed by atoms with van der Waals surface area (Å²) in [6.07, 6.45) is 0. The zero-order valence-electron chi connectivity index (χ0n) is 10.4. The molecule has 3 N–H and O–H groups in total. The topological polar surface area (TPSA) is 69.6 Å². The molecule has 0 bridgehead atoms. The van der Waals surface area contributed by atoms with Crippen molar-refractivity contribution in [2.45, 2.75) is 20.8 Å². The minimum Gasteiger partial charge on any atom is -0.508 e. The quantitative estimate of drug-likeness (QED) is 0.751. The molecule has 1 atom stereocenters. The number of hydrogen-bond donors (Lipinski definition) is 3. The minimum absolute atomic E-state index is 0.118. The standard InChI is InChI=1S/C13H19NO3/c1-8(2)9(3)7-14-13(17)10-4-11(15)6-12(16)5-10/h4-6,8-9,15-16H,7H2,1-3H3,(H,14,17). The molecule has 0 heterocycles. The third-order valence-electron chi connectivity index (χ3n) is 2.89. The molecule has 0 radical (unpaired) electrons. The number of amides is 1. The second kappa shape index (κ2) is 5.57. The highest BCUT2D eigenvalue weighted by Crippen LogP contribution is 2.20. The zero-order valence-corrected chi connectivity index (χ0v) is 10.4. The Kier molecular flexibility index (Phi) is 4.37. The molecule has 17 heavy (non-hydrogen) atoms. The average Bonchev–Trinajstić information content (AvgIpc) is 2.23. The molecule has 0 fully saturated rings. The van der Waals surface area contributed by atoms with Crippen molar-refractivity contribution in [2.75, 3.05) is 6.54 Å². The van der Waals surface area contributed by atoms with Crippen LogP contribution in [0.3, 0.4) is 0 Å². The summed E-state index contributed by atoms with van der Waals surface area (Å²) in [5.41, 5.74) is 0.262. The van der Waals surface area contributed by atoms with Gasteiger partial charge in [-0.15, -0.1) is 0 Å². The molecule has 0 aliphatic rings. The average molecular weight is 237 g/mol. The maximum atomic E-state index is 11.7. The number of nitrogens with one attached hydrogen (secondary N) is 1. The SMILES string of the molecule is CC(C)C(C)CNC(=O)c1cc(O)cc(O)c1. The second-order valence-corrected chi connectivity index (χ2v) is 4.67. The van der Waals surface area contributed by atoms with E-state index < -0.39 is 0 Å². The lowest BCUT2D eigenvalue weighted by molar-refractivity contribution is 0.0944. The fourth-order valence-corrected chi connectivity index (χ4v) is 1.32. The van der Waals surface area contributed by atoms with Crippen LogP contribution in [-0.2, 0) is 0 Å². The molecule has 4 nitrogen and oxygen atoms in total. The van der Waals surface area contributed by atoms with Crippen molar-refractivity contribution in [3.63, 3.8) is 0 Å². The van der Waals surface area contributed by atoms with Gasteiger partial charge < -0.3 is 15.5 Å². The lowest BCUT2D eigenvalue weighted by Gasteiger charge is -2.16. The maximum Gasteiger partial charge on any atom is 0.251 e. The van der Waals surface area contributed by atoms with Crippen LogP contribution in [0.25, 0.3) is 0 Å². The van der Waals surface area contributed by atoms with E-state index in [1.807, 2.05) is 0 Å². The largest absolute Gasteiger partial charge is 0.508 e. The Morgan fingerprint density at radius 1 is 1.18 bits per heavy atom. The summed E-state index contributed by atoms with van der Waals surface area (Å²) in [6.45, 7) is 6.83. The molecule has 1 aromatic rings. The van der Waals surface area contributed by atoms with Gasteiger partial charge in [-0.25, -0.2) is 0 Å². The fraction of sp³-hybridized carbons (Fsp3) is 0.462. The van der Waals surface area contributed by atoms with Crippen LogP contribution in [-0.4, -0.2) is 22.7 Å². The van der Waals surface area contributed by atoms with Crippen LogP contribution in [0.5, 0.6) is 11.5 Å². The second-order valence-electron chi connectivity index (χ2n) is 4.67. The van der Waals surface area contributed by atoms with Crippen LogP contribution in [0.4, 0.5) is 0 Å². The molecule has 0 spiro atoms. The van der Waals surface area contributed by atoms with Crippen molar-refractivity contribution >= 4 is 5.91 Å². The predicted molar refractivity (Wildman–Crippen MR) is 66.1 cm³/mol. The molecule has 0 saturated heterocycles. The Balaban J connectivity index is 2.64. The van der Waals surface area contributed by atoms with E-state index in [0.717, 1.165) is 0 Å². The number of benzene rings is 1. The Hall–Kier alpha value is -1.71. The van der Waals surface area contributed by atoms with Gasteiger partial charge in [0.25, 0.3) is 5.91 Å². The Bertz CT molecular complexity index is 381. The summed E-state index contributed by atoms with van der Waals surface area (Å²) in [6, 6.07) is 3.84. The summed E-state index contributed by atoms with van der Waals surface area (Å²) in [5.74, 6) is 0.348. The van der Waals surface area contributed by atoms with Crippen LogP contribution in [0.2, 0.25) is 0 Å². The molecule has 0 aromatic heterocycles. The van der Waals surface area contributed by atoms with Crippen molar-refractivity contribution in [1.29, 1.82) is 0 Å². The van der Waals surface area contributed by atoms with Crippen molar-refractivity contribution in [1.82, 2.24) is 5.32 Å². The smallest absolute Gasteiger partial charge is 0.251 e. The van der Waals surface area contributed by atoms with E-state index in [2.05, 4.69) is 26.1 Å². The van der Waals surface area contributed by atoms with E-state index in [1.165, 1.54) is 18.2 Å². The first-order chi connectivity index (χ1) is 7.90. The molecular weight excluding hydrogens is 218 g/mol. The number of phenolic OH excluding ortho intramolecular Hbond substituents is 2. The van der Waals surface area contributed by atoms with Crippen molar-refractivity contribution < 1.29 is 15.0 Å². The minimum atomic E-state index is -0.288. The van der Waals surface area contributed by atoms with E-state index in [4.69, 9.17) is 0 Å². The normalized spacial score (nSPS) is 12.5. The van der Waals surface area contributed by atoms with E-state index in [9.17, 15) is 15.0 Å². The number of carbonyl (C=O) groups is 1. The molecular formula is C13H19NO3. The highest BCUT2D eigenvalue weighted by Gasteiger charge is 2.11. The van der Waals surface area contributed by atoms with Crippen molar-refractivity contribution in [2.24, 2.45) is 11.8 Å². The fourth-order valence-electron chi connectivity index (χ4n) is 1.32. The van der Waals surface area contributed by atoms with Gasteiger partial charge in [0.2, 0.25) is 0 Å². The lowest BCUT2D eigenvalue weighted by Crippen LogP contribution is -2.30. The maximum absolute atomic E-state index is 11.7. The van der Waals surface area contributed by atoms with Gasteiger partial charge in [-0.2, -0.15) is 0 Å². The molecule has 4 heteroatoms. The lowest BCUT2D eigenvalue weighted by atomic mass is 9.98. The van der Waals surface area contributed by atoms with E-state index in [0.29, 0.717) is 18.4 Å². The molecule has 0 aliphatic heterocycles. The van der Waals surface area contributed by atoms with Crippen molar-refractivity contribution in [3.8, 4) is 11.5 Å². The number of phenols is 2. The Morgan fingerprint density at radius 3 is 2.18 bits per heavy atom. The van der Waals surface area contributed by atoms with E-state index >= 15 is 0 Å². The van der Waals surface area contributed by atoms with Gasteiger partial charge in [0.05, 0.1) is 0 Å². The Morgan fingerprint density at radius 2 is 1.71 bits per heavy atom. The number of hydrogen-bond acceptors (Lipinski definition) is 3. The molecule has 1 rings (SSSR count). The first-order valence-corrected chi connectivity index (χ1v) is 5.71. The van der Waals surface area contributed by atoms with Crippen LogP contribution in [0.15, 0.2) is 18.2 Å². The van der Waals surface area contributed by atoms with Crippen molar-refractivity contribution in [3.05, 3.63) is 23.8 Å². The molecule has 0 saturated carbocycles. The molecule has 1 unspecified atom stereocenters. The first kappa shape index (κ1) is 13.4. The summed E-state index contributed by atoms with van der Waals surface area (Å²) < 4.78 is 0. The van der Waals surface area contributed by atoms with Gasteiger partial charge >= 0.3 is 0 Å². The number of rotatable bonds is 4. The van der Waals surface area contributed by atoms with Crippen LogP contribution in [0.1, 0.15) is 31.1 Å². The summed E-state index contributed by atoms with van der Waals surface area (Å²) in [4.78, 5) is 11.7. The summed E-state index contributed by atoms with van der Waals surface area (Å²) in [5, 5.41) is 21.3. The molecule has 1 amide bonds. The van der Waals surface area contributed by atoms with Gasteiger partial charge in [-0.3, -0.25) is 4.79 Å². The summed E-state index contributed by atoms with van der Waals surface area (Å²) in [7, 11) is 0. The highest BCUT2D eigenvalue weighted by molar-refractivity contribution is 5.95. The summed E-state index contributed by atoms with van der Waals surface area (Å²) >= 11 is 0. The monoisotopic (exact) mass is 237 g/mol. The van der Waals surface area contributed by atoms with Gasteiger partial charge in [0, 0.05) is 18.2 Å². The third-order valence-corrected chi connectivity index (χ3v) is 2.89. The van der Waals surface area contributed by atoms with Gasteiger partial charge in [0.15, 0.2) is 0 Å². The number of carbonyl (C=O) groups excluding carboxylic acids is 1. The molecule has 94 valence electrons. The van der Waals surface area contributed by atoms with Crippen LogP contribution in [0, 0.1) is 11.8 Å². The predicted octanol–water partition coefficient (Wildman–Crippen LogP) is 2.12. The van der Waals surface area contributed by atoms with Gasteiger partial charge in [-0.05, 0) is 24.0 Å². The van der Waals surface area contributed by atoms with Gasteiger partial charge in [0.1, 0.15) is 11.5 Å². The number of aromatic hydroxyl groups is 2. The van der Waals surface area contributed by atoms with Crippen LogP contribution < -0.4 is 5.32 Å². The van der Waals surface area contributed by atoms with E-state index in [1.54, 1.807) is 0 Å². The third kappa shape index (κ3) is 3.98. The van der Waals surface area contributed by atoms with E-state index in [-0.39, 0.29) is 23.0 Å². The van der Waals surface area contributed by atoms with Gasteiger partial charge in [-0.1, -0.05) is 20.8 Å². The first-order valence-electron chi connectivity index (χ1n) is 5.71. The Labute approximate surface area is 101 Å². The molecule has 1 aromatic carbocycles.